The lowest BCUT2D eigenvalue weighted by Gasteiger charge is -2.23. The van der Waals surface area contributed by atoms with Gasteiger partial charge >= 0.3 is 5.97 Å². The van der Waals surface area contributed by atoms with Crippen molar-refractivity contribution in [3.05, 3.63) is 42.1 Å². The van der Waals surface area contributed by atoms with Gasteiger partial charge in [0.2, 0.25) is 0 Å². The fourth-order valence-corrected chi connectivity index (χ4v) is 2.40. The third kappa shape index (κ3) is 3.40. The van der Waals surface area contributed by atoms with Gasteiger partial charge < -0.3 is 15.2 Å². The lowest BCUT2D eigenvalue weighted by atomic mass is 10.1. The van der Waals surface area contributed by atoms with E-state index in [1.165, 1.54) is 6.07 Å². The minimum absolute atomic E-state index is 0.0107. The van der Waals surface area contributed by atoms with Crippen molar-refractivity contribution in [1.82, 2.24) is 9.97 Å². The molecule has 6 nitrogen and oxygen atoms in total. The number of nitrogens with zero attached hydrogens (tertiary/aromatic N) is 2. The standard InChI is InChI=1S/C16H17N3O3/c20-16(21)13-10-14(17-12-6-8-22-9-7-12)19-15(18-13)11-4-2-1-3-5-11/h1-5,10,12H,6-9H2,(H,20,21)(H,17,18,19). The summed E-state index contributed by atoms with van der Waals surface area (Å²) in [7, 11) is 0. The van der Waals surface area contributed by atoms with Crippen LogP contribution in [0.15, 0.2) is 36.4 Å². The minimum atomic E-state index is -1.06. The van der Waals surface area contributed by atoms with Crippen molar-refractivity contribution in [2.45, 2.75) is 18.9 Å². The van der Waals surface area contributed by atoms with Crippen molar-refractivity contribution in [3.8, 4) is 11.4 Å². The molecule has 22 heavy (non-hydrogen) atoms. The maximum absolute atomic E-state index is 11.3. The van der Waals surface area contributed by atoms with E-state index in [1.807, 2.05) is 30.3 Å². The normalized spacial score (nSPS) is 15.5. The van der Waals surface area contributed by atoms with Gasteiger partial charge in [-0.1, -0.05) is 30.3 Å². The van der Waals surface area contributed by atoms with Gasteiger partial charge in [0, 0.05) is 30.9 Å². The van der Waals surface area contributed by atoms with Crippen LogP contribution >= 0.6 is 0 Å². The zero-order valence-electron chi connectivity index (χ0n) is 12.0. The summed E-state index contributed by atoms with van der Waals surface area (Å²) < 4.78 is 5.33. The average molecular weight is 299 g/mol. The Morgan fingerprint density at radius 3 is 2.59 bits per heavy atom. The lowest BCUT2D eigenvalue weighted by molar-refractivity contribution is 0.0690. The number of carbonyl (C=O) groups is 1. The van der Waals surface area contributed by atoms with Gasteiger partial charge in [0.05, 0.1) is 0 Å². The van der Waals surface area contributed by atoms with Gasteiger partial charge in [-0.2, -0.15) is 0 Å². The Morgan fingerprint density at radius 2 is 1.91 bits per heavy atom. The molecule has 0 atom stereocenters. The SMILES string of the molecule is O=C(O)c1cc(NC2CCOCC2)nc(-c2ccccc2)n1. The van der Waals surface area contributed by atoms with E-state index in [-0.39, 0.29) is 11.7 Å². The predicted octanol–water partition coefficient (Wildman–Crippen LogP) is 2.43. The second-order valence-corrected chi connectivity index (χ2v) is 5.16. The molecule has 3 rings (SSSR count). The molecule has 0 radical (unpaired) electrons. The predicted molar refractivity (Wildman–Crippen MR) is 81.9 cm³/mol. The minimum Gasteiger partial charge on any atom is -0.477 e. The zero-order valence-corrected chi connectivity index (χ0v) is 12.0. The fraction of sp³-hybridized carbons (Fsp3) is 0.312. The largest absolute Gasteiger partial charge is 0.477 e. The number of anilines is 1. The Morgan fingerprint density at radius 1 is 1.18 bits per heavy atom. The third-order valence-corrected chi connectivity index (χ3v) is 3.55. The molecule has 2 aromatic rings. The average Bonchev–Trinajstić information content (AvgIpc) is 2.56. The highest BCUT2D eigenvalue weighted by Gasteiger charge is 2.17. The van der Waals surface area contributed by atoms with Crippen LogP contribution in [-0.2, 0) is 4.74 Å². The first kappa shape index (κ1) is 14.5. The van der Waals surface area contributed by atoms with Gasteiger partial charge in [-0.25, -0.2) is 14.8 Å². The van der Waals surface area contributed by atoms with Crippen molar-refractivity contribution < 1.29 is 14.6 Å². The summed E-state index contributed by atoms with van der Waals surface area (Å²) in [4.78, 5) is 19.9. The summed E-state index contributed by atoms with van der Waals surface area (Å²) in [6.45, 7) is 1.42. The van der Waals surface area contributed by atoms with Crippen LogP contribution in [0.3, 0.4) is 0 Å². The molecule has 1 aromatic carbocycles. The van der Waals surface area contributed by atoms with Gasteiger partial charge in [0.15, 0.2) is 11.5 Å². The third-order valence-electron chi connectivity index (χ3n) is 3.55. The molecule has 0 spiro atoms. The number of benzene rings is 1. The summed E-state index contributed by atoms with van der Waals surface area (Å²) in [5.74, 6) is -0.108. The molecule has 2 N–H and O–H groups in total. The summed E-state index contributed by atoms with van der Waals surface area (Å²) in [6, 6.07) is 11.1. The molecule has 1 aromatic heterocycles. The van der Waals surface area contributed by atoms with Crippen molar-refractivity contribution in [2.75, 3.05) is 18.5 Å². The van der Waals surface area contributed by atoms with Crippen LogP contribution in [0.5, 0.6) is 0 Å². The Labute approximate surface area is 128 Å². The number of carboxylic acids is 1. The van der Waals surface area contributed by atoms with Crippen molar-refractivity contribution >= 4 is 11.8 Å². The summed E-state index contributed by atoms with van der Waals surface area (Å²) >= 11 is 0. The monoisotopic (exact) mass is 299 g/mol. The van der Waals surface area contributed by atoms with Crippen LogP contribution in [0.4, 0.5) is 5.82 Å². The molecule has 1 fully saturated rings. The molecule has 1 aliphatic heterocycles. The maximum Gasteiger partial charge on any atom is 0.354 e. The van der Waals surface area contributed by atoms with Crippen LogP contribution in [0.1, 0.15) is 23.3 Å². The number of nitrogens with one attached hydrogen (secondary N) is 1. The van der Waals surface area contributed by atoms with E-state index in [1.54, 1.807) is 0 Å². The molecular formula is C16H17N3O3. The number of ether oxygens (including phenoxy) is 1. The fourth-order valence-electron chi connectivity index (χ4n) is 2.40. The molecule has 2 heterocycles. The van der Waals surface area contributed by atoms with Crippen LogP contribution in [0, 0.1) is 0 Å². The Balaban J connectivity index is 1.91. The number of hydrogen-bond donors (Lipinski definition) is 2. The van der Waals surface area contributed by atoms with Crippen molar-refractivity contribution in [2.24, 2.45) is 0 Å². The number of carboxylic acid groups (broad SMARTS) is 1. The van der Waals surface area contributed by atoms with Crippen LogP contribution in [0.2, 0.25) is 0 Å². The van der Waals surface area contributed by atoms with Crippen LogP contribution < -0.4 is 5.32 Å². The number of hydrogen-bond acceptors (Lipinski definition) is 5. The molecule has 0 unspecified atom stereocenters. The summed E-state index contributed by atoms with van der Waals surface area (Å²) in [6.07, 6.45) is 1.76. The number of rotatable bonds is 4. The molecule has 0 saturated carbocycles. The van der Waals surface area contributed by atoms with E-state index in [4.69, 9.17) is 4.74 Å². The molecule has 0 amide bonds. The first-order chi connectivity index (χ1) is 10.7. The highest BCUT2D eigenvalue weighted by atomic mass is 16.5. The topological polar surface area (TPSA) is 84.3 Å². The highest BCUT2D eigenvalue weighted by molar-refractivity contribution is 5.87. The molecule has 1 aliphatic rings. The molecule has 0 bridgehead atoms. The van der Waals surface area contributed by atoms with E-state index in [9.17, 15) is 9.90 Å². The second-order valence-electron chi connectivity index (χ2n) is 5.16. The Kier molecular flexibility index (Phi) is 4.29. The smallest absolute Gasteiger partial charge is 0.354 e. The van der Waals surface area contributed by atoms with Gasteiger partial charge in [0.25, 0.3) is 0 Å². The highest BCUT2D eigenvalue weighted by Crippen LogP contribution is 2.20. The number of aromatic carboxylic acids is 1. The van der Waals surface area contributed by atoms with Gasteiger partial charge in [-0.3, -0.25) is 0 Å². The van der Waals surface area contributed by atoms with Gasteiger partial charge in [-0.15, -0.1) is 0 Å². The van der Waals surface area contributed by atoms with E-state index < -0.39 is 5.97 Å². The van der Waals surface area contributed by atoms with E-state index in [0.29, 0.717) is 24.9 Å². The first-order valence-electron chi connectivity index (χ1n) is 7.24. The quantitative estimate of drug-likeness (QED) is 0.902. The molecule has 0 aliphatic carbocycles. The van der Waals surface area contributed by atoms with Crippen molar-refractivity contribution in [3.63, 3.8) is 0 Å². The second kappa shape index (κ2) is 6.53. The van der Waals surface area contributed by atoms with E-state index in [0.717, 1.165) is 18.4 Å². The Hall–Kier alpha value is -2.47. The van der Waals surface area contributed by atoms with Crippen molar-refractivity contribution in [1.29, 1.82) is 0 Å². The number of aromatic nitrogens is 2. The van der Waals surface area contributed by atoms with Gasteiger partial charge in [-0.05, 0) is 12.8 Å². The lowest BCUT2D eigenvalue weighted by Crippen LogP contribution is -2.28. The summed E-state index contributed by atoms with van der Waals surface area (Å²) in [5.41, 5.74) is 0.782. The molecule has 6 heteroatoms. The van der Waals surface area contributed by atoms with Crippen LogP contribution in [0.25, 0.3) is 11.4 Å². The summed E-state index contributed by atoms with van der Waals surface area (Å²) in [5, 5.41) is 12.5. The molecule has 1 saturated heterocycles. The van der Waals surface area contributed by atoms with E-state index in [2.05, 4.69) is 15.3 Å². The first-order valence-corrected chi connectivity index (χ1v) is 7.24. The zero-order chi connectivity index (χ0) is 15.4. The maximum atomic E-state index is 11.3. The van der Waals surface area contributed by atoms with Gasteiger partial charge in [0.1, 0.15) is 5.82 Å². The molecule has 114 valence electrons. The Bertz CT molecular complexity index is 655. The van der Waals surface area contributed by atoms with Crippen LogP contribution in [-0.4, -0.2) is 40.3 Å². The van der Waals surface area contributed by atoms with E-state index >= 15 is 0 Å². The molecular weight excluding hydrogens is 282 g/mol.